The molecule has 0 bridgehead atoms. The molecule has 0 aromatic heterocycles. The second-order valence-electron chi connectivity index (χ2n) is 4.96. The molecule has 126 valence electrons. The topological polar surface area (TPSA) is 65.9 Å². The molecular formula is C16H28IN3O2. The molecule has 0 fully saturated rings. The summed E-state index contributed by atoms with van der Waals surface area (Å²) in [5.41, 5.74) is 0.874. The Morgan fingerprint density at radius 3 is 2.64 bits per heavy atom. The van der Waals surface area contributed by atoms with Crippen molar-refractivity contribution in [2.45, 2.75) is 39.7 Å². The largest absolute Gasteiger partial charge is 0.508 e. The summed E-state index contributed by atoms with van der Waals surface area (Å²) >= 11 is 0. The number of rotatable bonds is 7. The van der Waals surface area contributed by atoms with Gasteiger partial charge in [0.05, 0.1) is 7.11 Å². The van der Waals surface area contributed by atoms with Gasteiger partial charge < -0.3 is 20.5 Å². The maximum Gasteiger partial charge on any atom is 0.191 e. The summed E-state index contributed by atoms with van der Waals surface area (Å²) in [5.74, 6) is 1.73. The zero-order chi connectivity index (χ0) is 15.7. The van der Waals surface area contributed by atoms with Crippen LogP contribution in [0.1, 0.15) is 32.8 Å². The Morgan fingerprint density at radius 1 is 1.36 bits per heavy atom. The monoisotopic (exact) mass is 421 g/mol. The molecule has 0 amide bonds. The van der Waals surface area contributed by atoms with E-state index >= 15 is 0 Å². The highest BCUT2D eigenvalue weighted by molar-refractivity contribution is 14.0. The molecule has 0 spiro atoms. The van der Waals surface area contributed by atoms with Crippen LogP contribution in [0.4, 0.5) is 0 Å². The number of aromatic hydroxyl groups is 1. The highest BCUT2D eigenvalue weighted by Gasteiger charge is 2.04. The lowest BCUT2D eigenvalue weighted by atomic mass is 10.1. The van der Waals surface area contributed by atoms with Crippen LogP contribution in [0.15, 0.2) is 23.2 Å². The first-order valence-corrected chi connectivity index (χ1v) is 7.51. The normalized spacial score (nSPS) is 12.3. The van der Waals surface area contributed by atoms with Crippen LogP contribution < -0.4 is 15.4 Å². The van der Waals surface area contributed by atoms with Gasteiger partial charge in [-0.2, -0.15) is 0 Å². The van der Waals surface area contributed by atoms with E-state index < -0.39 is 0 Å². The highest BCUT2D eigenvalue weighted by atomic mass is 127. The Balaban J connectivity index is 0.00000441. The van der Waals surface area contributed by atoms with Gasteiger partial charge in [0.2, 0.25) is 0 Å². The van der Waals surface area contributed by atoms with Crippen molar-refractivity contribution in [3.8, 4) is 11.5 Å². The summed E-state index contributed by atoms with van der Waals surface area (Å²) in [6.07, 6.45) is 1.73. The fraction of sp³-hybridized carbons (Fsp3) is 0.562. The van der Waals surface area contributed by atoms with E-state index in [4.69, 9.17) is 4.74 Å². The number of hydrogen-bond donors (Lipinski definition) is 3. The third-order valence-corrected chi connectivity index (χ3v) is 3.28. The molecule has 1 aromatic carbocycles. The number of ether oxygens (including phenoxy) is 1. The fourth-order valence-electron chi connectivity index (χ4n) is 1.83. The van der Waals surface area contributed by atoms with Gasteiger partial charge in [0.25, 0.3) is 0 Å². The molecule has 0 radical (unpaired) electrons. The SMILES string of the molecule is CCNC(=NCCc1ccc(OC)cc1O)NC(C)CC.I. The van der Waals surface area contributed by atoms with E-state index in [-0.39, 0.29) is 29.7 Å². The Labute approximate surface area is 150 Å². The molecule has 5 nitrogen and oxygen atoms in total. The number of phenols is 1. The molecule has 0 saturated heterocycles. The molecule has 22 heavy (non-hydrogen) atoms. The van der Waals surface area contributed by atoms with Crippen molar-refractivity contribution in [3.63, 3.8) is 0 Å². The van der Waals surface area contributed by atoms with E-state index in [0.29, 0.717) is 24.8 Å². The van der Waals surface area contributed by atoms with Crippen molar-refractivity contribution < 1.29 is 9.84 Å². The molecule has 1 atom stereocenters. The first kappa shape index (κ1) is 20.8. The maximum atomic E-state index is 9.91. The molecule has 0 aliphatic heterocycles. The lowest BCUT2D eigenvalue weighted by Crippen LogP contribution is -2.42. The fourth-order valence-corrected chi connectivity index (χ4v) is 1.83. The number of nitrogens with zero attached hydrogens (tertiary/aromatic N) is 1. The molecule has 6 heteroatoms. The van der Waals surface area contributed by atoms with Crippen LogP contribution in [-0.2, 0) is 6.42 Å². The molecule has 0 saturated carbocycles. The lowest BCUT2D eigenvalue weighted by Gasteiger charge is -2.16. The predicted molar refractivity (Wildman–Crippen MR) is 103 cm³/mol. The molecule has 1 unspecified atom stereocenters. The van der Waals surface area contributed by atoms with Crippen molar-refractivity contribution in [2.75, 3.05) is 20.2 Å². The average Bonchev–Trinajstić information content (AvgIpc) is 2.48. The third kappa shape index (κ3) is 7.20. The van der Waals surface area contributed by atoms with E-state index in [2.05, 4.69) is 29.5 Å². The van der Waals surface area contributed by atoms with Gasteiger partial charge in [0, 0.05) is 25.2 Å². The summed E-state index contributed by atoms with van der Waals surface area (Å²) in [6.45, 7) is 7.75. The van der Waals surface area contributed by atoms with E-state index in [0.717, 1.165) is 24.5 Å². The van der Waals surface area contributed by atoms with Crippen molar-refractivity contribution in [3.05, 3.63) is 23.8 Å². The summed E-state index contributed by atoms with van der Waals surface area (Å²) in [6, 6.07) is 5.74. The van der Waals surface area contributed by atoms with Gasteiger partial charge in [-0.05, 0) is 38.3 Å². The molecule has 0 heterocycles. The van der Waals surface area contributed by atoms with Crippen LogP contribution in [0.5, 0.6) is 11.5 Å². The van der Waals surface area contributed by atoms with E-state index in [1.165, 1.54) is 0 Å². The van der Waals surface area contributed by atoms with Crippen molar-refractivity contribution >= 4 is 29.9 Å². The number of nitrogens with one attached hydrogen (secondary N) is 2. The summed E-state index contributed by atoms with van der Waals surface area (Å²) < 4.78 is 5.07. The van der Waals surface area contributed by atoms with Gasteiger partial charge in [0.15, 0.2) is 5.96 Å². The first-order chi connectivity index (χ1) is 10.1. The minimum atomic E-state index is 0. The van der Waals surface area contributed by atoms with Crippen LogP contribution in [0.2, 0.25) is 0 Å². The average molecular weight is 421 g/mol. The van der Waals surface area contributed by atoms with Gasteiger partial charge in [-0.1, -0.05) is 13.0 Å². The van der Waals surface area contributed by atoms with Crippen LogP contribution in [0, 0.1) is 0 Å². The van der Waals surface area contributed by atoms with Crippen molar-refractivity contribution in [1.29, 1.82) is 0 Å². The molecule has 0 aliphatic rings. The Kier molecular flexibility index (Phi) is 10.8. The molecule has 1 rings (SSSR count). The number of hydrogen-bond acceptors (Lipinski definition) is 3. The van der Waals surface area contributed by atoms with Crippen LogP contribution in [0.25, 0.3) is 0 Å². The van der Waals surface area contributed by atoms with E-state index in [1.807, 2.05) is 19.1 Å². The molecule has 3 N–H and O–H groups in total. The standard InChI is InChI=1S/C16H27N3O2.HI/c1-5-12(3)19-16(17-6-2)18-10-9-13-7-8-14(21-4)11-15(13)20;/h7-8,11-12,20H,5-6,9-10H2,1-4H3,(H2,17,18,19);1H. The quantitative estimate of drug-likeness (QED) is 0.360. The summed E-state index contributed by atoms with van der Waals surface area (Å²) in [5, 5.41) is 16.5. The number of phenolic OH excluding ortho intramolecular Hbond substituents is 1. The second kappa shape index (κ2) is 11.4. The van der Waals surface area contributed by atoms with Gasteiger partial charge in [-0.3, -0.25) is 4.99 Å². The molecular weight excluding hydrogens is 393 g/mol. The molecule has 0 aliphatic carbocycles. The summed E-state index contributed by atoms with van der Waals surface area (Å²) in [7, 11) is 1.59. The van der Waals surface area contributed by atoms with Crippen molar-refractivity contribution in [2.24, 2.45) is 4.99 Å². The Hall–Kier alpha value is -1.18. The van der Waals surface area contributed by atoms with Crippen LogP contribution in [0.3, 0.4) is 0 Å². The predicted octanol–water partition coefficient (Wildman–Crippen LogP) is 2.91. The third-order valence-electron chi connectivity index (χ3n) is 3.28. The zero-order valence-corrected chi connectivity index (χ0v) is 16.2. The van der Waals surface area contributed by atoms with Crippen LogP contribution >= 0.6 is 24.0 Å². The zero-order valence-electron chi connectivity index (χ0n) is 13.8. The van der Waals surface area contributed by atoms with Gasteiger partial charge in [-0.25, -0.2) is 0 Å². The minimum Gasteiger partial charge on any atom is -0.508 e. The summed E-state index contributed by atoms with van der Waals surface area (Å²) in [4.78, 5) is 4.53. The Bertz CT molecular complexity index is 467. The van der Waals surface area contributed by atoms with Crippen molar-refractivity contribution in [1.82, 2.24) is 10.6 Å². The lowest BCUT2D eigenvalue weighted by molar-refractivity contribution is 0.406. The second-order valence-corrected chi connectivity index (χ2v) is 4.96. The number of methoxy groups -OCH3 is 1. The smallest absolute Gasteiger partial charge is 0.191 e. The highest BCUT2D eigenvalue weighted by Crippen LogP contribution is 2.23. The molecule has 1 aromatic rings. The van der Waals surface area contributed by atoms with Gasteiger partial charge in [0.1, 0.15) is 11.5 Å². The van der Waals surface area contributed by atoms with Gasteiger partial charge >= 0.3 is 0 Å². The maximum absolute atomic E-state index is 9.91. The number of guanidine groups is 1. The first-order valence-electron chi connectivity index (χ1n) is 7.51. The Morgan fingerprint density at radius 2 is 2.09 bits per heavy atom. The number of halogens is 1. The van der Waals surface area contributed by atoms with Crippen LogP contribution in [-0.4, -0.2) is 37.3 Å². The van der Waals surface area contributed by atoms with Gasteiger partial charge in [-0.15, -0.1) is 24.0 Å². The van der Waals surface area contributed by atoms with E-state index in [9.17, 15) is 5.11 Å². The number of benzene rings is 1. The minimum absolute atomic E-state index is 0. The van der Waals surface area contributed by atoms with E-state index in [1.54, 1.807) is 13.2 Å². The number of aliphatic imine (C=N–C) groups is 1.